The number of oxime groups is 1. The Hall–Kier alpha value is -1.65. The molecule has 0 aliphatic rings. The second-order valence-electron chi connectivity index (χ2n) is 2.29. The number of ether oxygens (including phenoxy) is 1. The molecule has 5 heteroatoms. The van der Waals surface area contributed by atoms with E-state index in [1.807, 2.05) is 0 Å². The number of carbonyl (C=O) groups is 2. The van der Waals surface area contributed by atoms with Gasteiger partial charge in [-0.3, -0.25) is 4.79 Å². The first-order valence-electron chi connectivity index (χ1n) is 4.17. The largest absolute Gasteiger partial charge is 0.479 e. The minimum atomic E-state index is -1.03. The van der Waals surface area contributed by atoms with Crippen LogP contribution in [0, 0.1) is 0 Å². The molecule has 0 spiro atoms. The molecule has 0 heterocycles. The van der Waals surface area contributed by atoms with Gasteiger partial charge < -0.3 is 9.57 Å². The minimum absolute atomic E-state index is 0.203. The third kappa shape index (κ3) is 5.08. The van der Waals surface area contributed by atoms with Crippen LogP contribution in [-0.2, 0) is 19.2 Å². The van der Waals surface area contributed by atoms with E-state index in [1.165, 1.54) is 13.0 Å². The Kier molecular flexibility index (Phi) is 6.02. The van der Waals surface area contributed by atoms with E-state index in [2.05, 4.69) is 9.99 Å². The summed E-state index contributed by atoms with van der Waals surface area (Å²) in [5.74, 6) is -1.57. The van der Waals surface area contributed by atoms with E-state index in [4.69, 9.17) is 4.74 Å². The highest BCUT2D eigenvalue weighted by Crippen LogP contribution is 1.88. The molecule has 0 aliphatic carbocycles. The maximum absolute atomic E-state index is 10.9. The number of carbonyl (C=O) groups excluding carboxylic acids is 2. The maximum Gasteiger partial charge on any atom is 0.405 e. The van der Waals surface area contributed by atoms with Crippen LogP contribution in [0.4, 0.5) is 0 Å². The number of hydrogen-bond donors (Lipinski definition) is 0. The van der Waals surface area contributed by atoms with E-state index < -0.39 is 11.8 Å². The van der Waals surface area contributed by atoms with Crippen molar-refractivity contribution in [3.8, 4) is 0 Å². The zero-order valence-corrected chi connectivity index (χ0v) is 8.44. The van der Waals surface area contributed by atoms with Crippen LogP contribution in [0.2, 0.25) is 0 Å². The monoisotopic (exact) mass is 199 g/mol. The summed E-state index contributed by atoms with van der Waals surface area (Å²) in [5.41, 5.74) is 0. The van der Waals surface area contributed by atoms with Gasteiger partial charge in [0.25, 0.3) is 5.78 Å². The van der Waals surface area contributed by atoms with Crippen molar-refractivity contribution in [1.82, 2.24) is 0 Å². The smallest absolute Gasteiger partial charge is 0.405 e. The van der Waals surface area contributed by atoms with Crippen molar-refractivity contribution in [2.24, 2.45) is 5.16 Å². The quantitative estimate of drug-likeness (QED) is 0.169. The summed E-state index contributed by atoms with van der Waals surface area (Å²) in [6.45, 7) is 5.35. The molecule has 0 N–H and O–H groups in total. The van der Waals surface area contributed by atoms with Gasteiger partial charge in [-0.25, -0.2) is 4.79 Å². The lowest BCUT2D eigenvalue weighted by Crippen LogP contribution is -2.13. The normalized spacial score (nSPS) is 11.5. The van der Waals surface area contributed by atoms with E-state index in [1.54, 1.807) is 13.8 Å². The van der Waals surface area contributed by atoms with Crippen molar-refractivity contribution in [3.63, 3.8) is 0 Å². The fraction of sp³-hybridized carbons (Fsp3) is 0.444. The van der Waals surface area contributed by atoms with E-state index in [-0.39, 0.29) is 5.90 Å². The average Bonchev–Trinajstić information content (AvgIpc) is 2.15. The van der Waals surface area contributed by atoms with Gasteiger partial charge in [-0.05, 0) is 25.1 Å². The molecule has 78 valence electrons. The van der Waals surface area contributed by atoms with Gasteiger partial charge in [0.2, 0.25) is 5.90 Å². The number of hydrogen-bond acceptors (Lipinski definition) is 5. The summed E-state index contributed by atoms with van der Waals surface area (Å²) in [6, 6.07) is 0. The van der Waals surface area contributed by atoms with Crippen molar-refractivity contribution >= 4 is 17.7 Å². The van der Waals surface area contributed by atoms with E-state index >= 15 is 0 Å². The highest BCUT2D eigenvalue weighted by atomic mass is 16.7. The molecule has 14 heavy (non-hydrogen) atoms. The molecule has 5 nitrogen and oxygen atoms in total. The number of allylic oxidation sites excluding steroid dienone is 1. The van der Waals surface area contributed by atoms with Gasteiger partial charge in [0, 0.05) is 6.92 Å². The minimum Gasteiger partial charge on any atom is -0.479 e. The van der Waals surface area contributed by atoms with Gasteiger partial charge in [-0.2, -0.15) is 0 Å². The van der Waals surface area contributed by atoms with Crippen molar-refractivity contribution in [1.29, 1.82) is 0 Å². The van der Waals surface area contributed by atoms with Crippen LogP contribution < -0.4 is 0 Å². The summed E-state index contributed by atoms with van der Waals surface area (Å²) >= 11 is 0. The summed E-state index contributed by atoms with van der Waals surface area (Å²) in [6.07, 6.45) is 2.55. The molecule has 0 radical (unpaired) electrons. The van der Waals surface area contributed by atoms with Crippen molar-refractivity contribution in [2.45, 2.75) is 20.8 Å². The van der Waals surface area contributed by atoms with Crippen LogP contribution >= 0.6 is 0 Å². The van der Waals surface area contributed by atoms with Crippen molar-refractivity contribution in [3.05, 3.63) is 12.2 Å². The lowest BCUT2D eigenvalue weighted by Gasteiger charge is -1.99. The fourth-order valence-electron chi connectivity index (χ4n) is 0.605. The molecule has 0 aromatic heterocycles. The lowest BCUT2D eigenvalue weighted by atomic mass is 10.4. The van der Waals surface area contributed by atoms with E-state index in [9.17, 15) is 9.59 Å². The maximum atomic E-state index is 10.9. The summed E-state index contributed by atoms with van der Waals surface area (Å²) in [7, 11) is 0. The average molecular weight is 199 g/mol. The molecule has 0 amide bonds. The second-order valence-corrected chi connectivity index (χ2v) is 2.29. The molecular formula is C9H13NO4. The summed E-state index contributed by atoms with van der Waals surface area (Å²) in [5, 5.41) is 3.31. The Morgan fingerprint density at radius 2 is 2.07 bits per heavy atom. The zero-order chi connectivity index (χ0) is 11.0. The first kappa shape index (κ1) is 12.3. The van der Waals surface area contributed by atoms with Crippen LogP contribution in [0.1, 0.15) is 20.8 Å². The van der Waals surface area contributed by atoms with Gasteiger partial charge in [-0.1, -0.05) is 6.08 Å². The SMILES string of the molecule is CC=CC(=O)C(=O)ON=C(C)OCC. The van der Waals surface area contributed by atoms with Gasteiger partial charge >= 0.3 is 5.97 Å². The second kappa shape index (κ2) is 6.82. The Balaban J connectivity index is 4.07. The van der Waals surface area contributed by atoms with Gasteiger partial charge in [-0.15, -0.1) is 0 Å². The Bertz CT molecular complexity index is 268. The molecule has 0 rings (SSSR count). The first-order chi connectivity index (χ1) is 6.61. The highest BCUT2D eigenvalue weighted by Gasteiger charge is 2.11. The van der Waals surface area contributed by atoms with Crippen molar-refractivity contribution in [2.75, 3.05) is 6.61 Å². The Labute approximate surface area is 82.4 Å². The lowest BCUT2D eigenvalue weighted by molar-refractivity contribution is -0.151. The number of ketones is 1. The molecular weight excluding hydrogens is 186 g/mol. The third-order valence-corrected chi connectivity index (χ3v) is 1.13. The van der Waals surface area contributed by atoms with Gasteiger partial charge in [0.05, 0.1) is 6.61 Å². The predicted octanol–water partition coefficient (Wildman–Crippen LogP) is 1.04. The fourth-order valence-corrected chi connectivity index (χ4v) is 0.605. The van der Waals surface area contributed by atoms with Crippen LogP contribution in [-0.4, -0.2) is 24.3 Å². The highest BCUT2D eigenvalue weighted by molar-refractivity contribution is 6.38. The molecule has 0 fully saturated rings. The molecule has 0 saturated heterocycles. The van der Waals surface area contributed by atoms with Crippen molar-refractivity contribution < 1.29 is 19.2 Å². The summed E-state index contributed by atoms with van der Waals surface area (Å²) < 4.78 is 4.88. The zero-order valence-electron chi connectivity index (χ0n) is 8.44. The van der Waals surface area contributed by atoms with E-state index in [0.29, 0.717) is 6.61 Å². The Morgan fingerprint density at radius 1 is 1.43 bits per heavy atom. The molecule has 0 aliphatic heterocycles. The molecule has 0 saturated carbocycles. The van der Waals surface area contributed by atoms with E-state index in [0.717, 1.165) is 6.08 Å². The number of nitrogens with zero attached hydrogens (tertiary/aromatic N) is 1. The number of rotatable bonds is 4. The first-order valence-corrected chi connectivity index (χ1v) is 4.17. The van der Waals surface area contributed by atoms with Gasteiger partial charge in [0.15, 0.2) is 0 Å². The third-order valence-electron chi connectivity index (χ3n) is 1.13. The summed E-state index contributed by atoms with van der Waals surface area (Å²) in [4.78, 5) is 26.0. The predicted molar refractivity (Wildman–Crippen MR) is 50.6 cm³/mol. The molecule has 0 atom stereocenters. The molecule has 0 aromatic carbocycles. The standard InChI is InChI=1S/C9H13NO4/c1-4-6-8(11)9(12)14-10-7(3)13-5-2/h4,6H,5H2,1-3H3. The van der Waals surface area contributed by atoms with Crippen LogP contribution in [0.5, 0.6) is 0 Å². The Morgan fingerprint density at radius 3 is 2.57 bits per heavy atom. The van der Waals surface area contributed by atoms with Crippen LogP contribution in [0.3, 0.4) is 0 Å². The van der Waals surface area contributed by atoms with Crippen LogP contribution in [0.15, 0.2) is 17.3 Å². The molecule has 0 unspecified atom stereocenters. The molecule has 0 aromatic rings. The van der Waals surface area contributed by atoms with Gasteiger partial charge in [0.1, 0.15) is 0 Å². The van der Waals surface area contributed by atoms with Crippen LogP contribution in [0.25, 0.3) is 0 Å². The molecule has 0 bridgehead atoms. The topological polar surface area (TPSA) is 65.0 Å².